The van der Waals surface area contributed by atoms with Crippen LogP contribution in [0.2, 0.25) is 0 Å². The van der Waals surface area contributed by atoms with Crippen molar-refractivity contribution in [2.75, 3.05) is 17.2 Å². The number of carbonyl (C=O) groups is 2. The first-order valence-corrected chi connectivity index (χ1v) is 12.8. The van der Waals surface area contributed by atoms with E-state index in [4.69, 9.17) is 4.74 Å². The Morgan fingerprint density at radius 1 is 1.02 bits per heavy atom. The molecule has 3 rings (SSSR count). The fourth-order valence-corrected chi connectivity index (χ4v) is 3.63. The first kappa shape index (κ1) is 31.0. The summed E-state index contributed by atoms with van der Waals surface area (Å²) in [6.45, 7) is 8.33. The van der Waals surface area contributed by atoms with Crippen LogP contribution in [0, 0.1) is 0 Å². The van der Waals surface area contributed by atoms with E-state index < -0.39 is 35.4 Å². The van der Waals surface area contributed by atoms with Crippen LogP contribution in [0.1, 0.15) is 46.1 Å². The third-order valence-corrected chi connectivity index (χ3v) is 5.46. The second-order valence-electron chi connectivity index (χ2n) is 10.0. The fourth-order valence-electron chi connectivity index (χ4n) is 3.63. The van der Waals surface area contributed by atoms with Crippen LogP contribution < -0.4 is 20.9 Å². The van der Waals surface area contributed by atoms with Crippen molar-refractivity contribution < 1.29 is 32.2 Å². The number of amides is 3. The molecular formula is C28H32F3N5O5. The van der Waals surface area contributed by atoms with Crippen LogP contribution in [0.3, 0.4) is 0 Å². The number of benzene rings is 2. The minimum atomic E-state index is -4.94. The van der Waals surface area contributed by atoms with Crippen molar-refractivity contribution in [2.24, 2.45) is 0 Å². The topological polar surface area (TPSA) is 126 Å². The molecule has 0 aliphatic heterocycles. The zero-order valence-corrected chi connectivity index (χ0v) is 23.1. The Balaban J connectivity index is 1.67. The molecule has 0 aliphatic rings. The maximum Gasteiger partial charge on any atom is 0.573 e. The van der Waals surface area contributed by atoms with Crippen LogP contribution in [-0.2, 0) is 11.3 Å². The van der Waals surface area contributed by atoms with Gasteiger partial charge in [-0.3, -0.25) is 10.1 Å². The second kappa shape index (κ2) is 13.2. The lowest BCUT2D eigenvalue weighted by Gasteiger charge is -2.27. The standard InChI is InChI=1S/C28H32F3N5O5/c1-5-6-15-36(26(39)41-27(2,3)4)17-18-11-13-19(14-12-18)20-16-32-24(34-23(20)37)35-25(38)33-21-9-7-8-10-22(21)40-28(29,30)31/h7-14,16H,5-6,15,17H2,1-4H3,(H3,32,33,34,35,37,38). The van der Waals surface area contributed by atoms with Crippen LogP contribution in [0.15, 0.2) is 59.5 Å². The lowest BCUT2D eigenvalue weighted by atomic mass is 10.1. The molecule has 0 saturated heterocycles. The van der Waals surface area contributed by atoms with E-state index in [1.165, 1.54) is 24.4 Å². The summed E-state index contributed by atoms with van der Waals surface area (Å²) in [5.74, 6) is -0.819. The Hall–Kier alpha value is -4.55. The van der Waals surface area contributed by atoms with E-state index in [0.717, 1.165) is 24.5 Å². The first-order valence-electron chi connectivity index (χ1n) is 12.8. The molecule has 0 spiro atoms. The number of carbonyl (C=O) groups excluding carboxylic acids is 2. The van der Waals surface area contributed by atoms with Crippen LogP contribution in [-0.4, -0.2) is 45.5 Å². The van der Waals surface area contributed by atoms with Gasteiger partial charge in [-0.05, 0) is 50.5 Å². The number of aromatic nitrogens is 2. The van der Waals surface area contributed by atoms with E-state index in [-0.39, 0.29) is 17.2 Å². The third-order valence-electron chi connectivity index (χ3n) is 5.46. The van der Waals surface area contributed by atoms with E-state index in [1.807, 2.05) is 27.7 Å². The summed E-state index contributed by atoms with van der Waals surface area (Å²) in [5, 5.41) is 4.50. The first-order chi connectivity index (χ1) is 19.2. The number of alkyl halides is 3. The van der Waals surface area contributed by atoms with E-state index >= 15 is 0 Å². The van der Waals surface area contributed by atoms with Crippen molar-refractivity contribution in [2.45, 2.75) is 59.0 Å². The van der Waals surface area contributed by atoms with Gasteiger partial charge in [-0.25, -0.2) is 9.59 Å². The Morgan fingerprint density at radius 2 is 1.71 bits per heavy atom. The van der Waals surface area contributed by atoms with Crippen molar-refractivity contribution in [1.29, 1.82) is 0 Å². The van der Waals surface area contributed by atoms with Gasteiger partial charge >= 0.3 is 18.5 Å². The van der Waals surface area contributed by atoms with Gasteiger partial charge in [-0.15, -0.1) is 13.2 Å². The number of anilines is 2. The number of hydrogen-bond donors (Lipinski definition) is 3. The highest BCUT2D eigenvalue weighted by Crippen LogP contribution is 2.30. The molecule has 2 aromatic carbocycles. The molecule has 1 heterocycles. The molecule has 13 heteroatoms. The fraction of sp³-hybridized carbons (Fsp3) is 0.357. The smallest absolute Gasteiger partial charge is 0.444 e. The van der Waals surface area contributed by atoms with Crippen molar-refractivity contribution in [3.8, 4) is 16.9 Å². The molecule has 0 bridgehead atoms. The number of nitrogens with zero attached hydrogens (tertiary/aromatic N) is 2. The normalized spacial score (nSPS) is 11.5. The maximum absolute atomic E-state index is 12.7. The highest BCUT2D eigenvalue weighted by Gasteiger charge is 2.32. The van der Waals surface area contributed by atoms with Gasteiger partial charge in [0.25, 0.3) is 5.56 Å². The van der Waals surface area contributed by atoms with Gasteiger partial charge in [0, 0.05) is 19.3 Å². The maximum atomic E-state index is 12.7. The van der Waals surface area contributed by atoms with Crippen molar-refractivity contribution in [3.05, 3.63) is 70.6 Å². The van der Waals surface area contributed by atoms with Crippen LogP contribution in [0.4, 0.5) is 34.4 Å². The summed E-state index contributed by atoms with van der Waals surface area (Å²) in [6.07, 6.45) is -2.25. The van der Waals surface area contributed by atoms with Gasteiger partial charge < -0.3 is 24.7 Å². The number of ether oxygens (including phenoxy) is 2. The summed E-state index contributed by atoms with van der Waals surface area (Å²) in [7, 11) is 0. The number of unbranched alkanes of at least 4 members (excludes halogenated alkanes) is 1. The highest BCUT2D eigenvalue weighted by atomic mass is 19.4. The lowest BCUT2D eigenvalue weighted by molar-refractivity contribution is -0.274. The predicted molar refractivity (Wildman–Crippen MR) is 148 cm³/mol. The Morgan fingerprint density at radius 3 is 2.32 bits per heavy atom. The summed E-state index contributed by atoms with van der Waals surface area (Å²) in [6, 6.07) is 11.1. The van der Waals surface area contributed by atoms with Crippen molar-refractivity contribution in [3.63, 3.8) is 0 Å². The van der Waals surface area contributed by atoms with Crippen LogP contribution in [0.5, 0.6) is 5.75 Å². The number of hydrogen-bond acceptors (Lipinski definition) is 6. The van der Waals surface area contributed by atoms with E-state index in [9.17, 15) is 27.6 Å². The molecule has 0 unspecified atom stereocenters. The molecule has 3 amide bonds. The average Bonchev–Trinajstić information content (AvgIpc) is 2.86. The van der Waals surface area contributed by atoms with Gasteiger partial charge in [0.1, 0.15) is 5.60 Å². The number of halogens is 3. The molecule has 1 aromatic heterocycles. The summed E-state index contributed by atoms with van der Waals surface area (Å²) in [4.78, 5) is 45.8. The minimum Gasteiger partial charge on any atom is -0.444 e. The summed E-state index contributed by atoms with van der Waals surface area (Å²) >= 11 is 0. The Bertz CT molecular complexity index is 1400. The predicted octanol–water partition coefficient (Wildman–Crippen LogP) is 6.52. The molecule has 0 saturated carbocycles. The molecule has 0 fully saturated rings. The highest BCUT2D eigenvalue weighted by molar-refractivity contribution is 5.99. The van der Waals surface area contributed by atoms with Gasteiger partial charge in [0.15, 0.2) is 5.75 Å². The number of nitrogens with one attached hydrogen (secondary N) is 3. The molecule has 0 aliphatic carbocycles. The molecule has 3 N–H and O–H groups in total. The van der Waals surface area contributed by atoms with Crippen molar-refractivity contribution in [1.82, 2.24) is 14.9 Å². The number of para-hydroxylation sites is 2. The average molecular weight is 576 g/mol. The summed E-state index contributed by atoms with van der Waals surface area (Å²) in [5.41, 5.74) is 0.111. The minimum absolute atomic E-state index is 0.217. The quantitative estimate of drug-likeness (QED) is 0.267. The van der Waals surface area contributed by atoms with Gasteiger partial charge in [0.2, 0.25) is 5.95 Å². The monoisotopic (exact) mass is 575 g/mol. The van der Waals surface area contributed by atoms with Gasteiger partial charge in [0.05, 0.1) is 11.3 Å². The second-order valence-corrected chi connectivity index (χ2v) is 10.0. The number of aromatic amines is 1. The van der Waals surface area contributed by atoms with Gasteiger partial charge in [-0.2, -0.15) is 4.98 Å². The third kappa shape index (κ3) is 9.85. The Kier molecular flexibility index (Phi) is 9.98. The number of rotatable bonds is 9. The van der Waals surface area contributed by atoms with E-state index in [0.29, 0.717) is 18.7 Å². The van der Waals surface area contributed by atoms with Gasteiger partial charge in [-0.1, -0.05) is 49.7 Å². The SMILES string of the molecule is CCCCN(Cc1ccc(-c2c[nH]c(NC(=O)Nc3ccccc3OC(F)(F)F)nc2=O)cc1)C(=O)OC(C)(C)C. The molecule has 0 radical (unpaired) electrons. The molecule has 220 valence electrons. The zero-order valence-electron chi connectivity index (χ0n) is 23.1. The summed E-state index contributed by atoms with van der Waals surface area (Å²) < 4.78 is 47.3. The van der Waals surface area contributed by atoms with Crippen LogP contribution >= 0.6 is 0 Å². The van der Waals surface area contributed by atoms with Crippen molar-refractivity contribution >= 4 is 23.8 Å². The van der Waals surface area contributed by atoms with Crippen LogP contribution in [0.25, 0.3) is 11.1 Å². The number of urea groups is 1. The van der Waals surface area contributed by atoms with E-state index in [1.54, 1.807) is 29.2 Å². The largest absolute Gasteiger partial charge is 0.573 e. The molecule has 41 heavy (non-hydrogen) atoms. The van der Waals surface area contributed by atoms with E-state index in [2.05, 4.69) is 25.3 Å². The lowest BCUT2D eigenvalue weighted by Crippen LogP contribution is -2.37. The molecular weight excluding hydrogens is 543 g/mol. The molecule has 10 nitrogen and oxygen atoms in total. The molecule has 0 atom stereocenters. The Labute approximate surface area is 234 Å². The molecule has 3 aromatic rings. The zero-order chi connectivity index (χ0) is 30.2. The number of H-pyrrole nitrogens is 1.